The fourth-order valence-electron chi connectivity index (χ4n) is 3.45. The molecular formula is C25H28F6N4O3. The molecule has 0 saturated heterocycles. The van der Waals surface area contributed by atoms with Crippen molar-refractivity contribution in [3.63, 3.8) is 0 Å². The number of fused-ring (bicyclic) bond motifs is 1. The lowest BCUT2D eigenvalue weighted by molar-refractivity contribution is -0.154. The Morgan fingerprint density at radius 1 is 0.947 bits per heavy atom. The van der Waals surface area contributed by atoms with Gasteiger partial charge in [0.2, 0.25) is 5.88 Å². The van der Waals surface area contributed by atoms with E-state index in [0.717, 1.165) is 41.9 Å². The summed E-state index contributed by atoms with van der Waals surface area (Å²) in [5, 5.41) is 8.07. The van der Waals surface area contributed by atoms with E-state index in [0.29, 0.717) is 12.1 Å². The molecule has 13 heteroatoms. The van der Waals surface area contributed by atoms with Crippen LogP contribution in [-0.2, 0) is 22.3 Å². The SMILES string of the molecule is CC(=NOCC(C)(C)CON=C1CCCc2ccc(C)nc21)c1cc(C(F)(F)F)cc(OCC(F)(F)F)n1. The van der Waals surface area contributed by atoms with Gasteiger partial charge in [0.05, 0.1) is 17.0 Å². The van der Waals surface area contributed by atoms with Crippen molar-refractivity contribution in [1.29, 1.82) is 0 Å². The van der Waals surface area contributed by atoms with E-state index >= 15 is 0 Å². The van der Waals surface area contributed by atoms with Crippen molar-refractivity contribution < 1.29 is 40.8 Å². The average molecular weight is 547 g/mol. The van der Waals surface area contributed by atoms with E-state index in [-0.39, 0.29) is 24.6 Å². The molecule has 7 nitrogen and oxygen atoms in total. The first-order valence-electron chi connectivity index (χ1n) is 11.7. The highest BCUT2D eigenvalue weighted by atomic mass is 19.4. The van der Waals surface area contributed by atoms with Crippen LogP contribution in [0.5, 0.6) is 5.88 Å². The van der Waals surface area contributed by atoms with Gasteiger partial charge < -0.3 is 14.4 Å². The fraction of sp³-hybridized carbons (Fsp3) is 0.520. The van der Waals surface area contributed by atoms with Crippen molar-refractivity contribution >= 4 is 11.4 Å². The maximum absolute atomic E-state index is 13.2. The molecule has 0 atom stereocenters. The molecule has 0 aromatic carbocycles. The monoisotopic (exact) mass is 546 g/mol. The van der Waals surface area contributed by atoms with Gasteiger partial charge in [-0.2, -0.15) is 26.3 Å². The number of pyridine rings is 2. The van der Waals surface area contributed by atoms with Gasteiger partial charge in [-0.1, -0.05) is 30.2 Å². The van der Waals surface area contributed by atoms with E-state index in [1.165, 1.54) is 6.92 Å². The lowest BCUT2D eigenvalue weighted by Gasteiger charge is -2.22. The molecule has 0 amide bonds. The van der Waals surface area contributed by atoms with E-state index in [2.05, 4.69) is 25.0 Å². The Balaban J connectivity index is 1.64. The Labute approximate surface area is 215 Å². The minimum Gasteiger partial charge on any atom is -0.468 e. The van der Waals surface area contributed by atoms with E-state index in [1.54, 1.807) is 0 Å². The topological polar surface area (TPSA) is 78.2 Å². The van der Waals surface area contributed by atoms with Crippen LogP contribution in [0.4, 0.5) is 26.3 Å². The maximum Gasteiger partial charge on any atom is 0.422 e. The molecule has 2 aromatic heterocycles. The standard InChI is InChI=1S/C25H28F6N4O3/c1-15-8-9-17-6-5-7-19(22(17)32-15)35-38-13-23(3,4)12-37-34-16(2)20-10-18(25(29,30)31)11-21(33-20)36-14-24(26,27)28/h8-11H,5-7,12-14H2,1-4H3. The Kier molecular flexibility index (Phi) is 8.88. The van der Waals surface area contributed by atoms with Crippen molar-refractivity contribution in [2.45, 2.75) is 59.3 Å². The third kappa shape index (κ3) is 8.59. The van der Waals surface area contributed by atoms with Gasteiger partial charge >= 0.3 is 12.4 Å². The lowest BCUT2D eigenvalue weighted by atomic mass is 9.94. The number of alkyl halides is 6. The zero-order valence-corrected chi connectivity index (χ0v) is 21.3. The molecule has 38 heavy (non-hydrogen) atoms. The predicted molar refractivity (Wildman–Crippen MR) is 127 cm³/mol. The average Bonchev–Trinajstić information content (AvgIpc) is 2.81. The Bertz CT molecular complexity index is 1190. The van der Waals surface area contributed by atoms with Crippen molar-refractivity contribution in [2.24, 2.45) is 15.7 Å². The van der Waals surface area contributed by atoms with Crippen molar-refractivity contribution in [3.8, 4) is 5.88 Å². The highest BCUT2D eigenvalue weighted by molar-refractivity contribution is 6.00. The lowest BCUT2D eigenvalue weighted by Crippen LogP contribution is -2.25. The van der Waals surface area contributed by atoms with Crippen LogP contribution in [0.1, 0.15) is 61.8 Å². The first-order valence-corrected chi connectivity index (χ1v) is 11.7. The second-order valence-electron chi connectivity index (χ2n) is 9.72. The summed E-state index contributed by atoms with van der Waals surface area (Å²) in [6, 6.07) is 5.05. The molecule has 208 valence electrons. The van der Waals surface area contributed by atoms with Crippen molar-refractivity contribution in [2.75, 3.05) is 19.8 Å². The second-order valence-corrected chi connectivity index (χ2v) is 9.72. The summed E-state index contributed by atoms with van der Waals surface area (Å²) in [4.78, 5) is 19.2. The molecule has 0 saturated carbocycles. The van der Waals surface area contributed by atoms with Gasteiger partial charge in [0, 0.05) is 17.2 Å². The number of hydrogen-bond donors (Lipinski definition) is 0. The van der Waals surface area contributed by atoms with E-state index in [1.807, 2.05) is 32.9 Å². The summed E-state index contributed by atoms with van der Waals surface area (Å²) < 4.78 is 81.5. The van der Waals surface area contributed by atoms with Gasteiger partial charge in [-0.3, -0.25) is 4.98 Å². The number of oxime groups is 2. The molecule has 0 bridgehead atoms. The third-order valence-electron chi connectivity index (χ3n) is 5.42. The van der Waals surface area contributed by atoms with Gasteiger partial charge in [-0.25, -0.2) is 4.98 Å². The summed E-state index contributed by atoms with van der Waals surface area (Å²) in [6.45, 7) is 5.25. The molecule has 0 radical (unpaired) electrons. The molecule has 0 aliphatic heterocycles. The van der Waals surface area contributed by atoms with E-state index < -0.39 is 35.8 Å². The molecule has 0 unspecified atom stereocenters. The molecule has 0 N–H and O–H groups in total. The predicted octanol–water partition coefficient (Wildman–Crippen LogP) is 6.27. The molecule has 0 fully saturated rings. The number of rotatable bonds is 9. The molecule has 2 aromatic rings. The summed E-state index contributed by atoms with van der Waals surface area (Å²) in [6.07, 6.45) is -6.97. The van der Waals surface area contributed by atoms with Crippen LogP contribution in [0.3, 0.4) is 0 Å². The minimum atomic E-state index is -4.83. The maximum atomic E-state index is 13.2. The van der Waals surface area contributed by atoms with Crippen LogP contribution < -0.4 is 4.74 Å². The van der Waals surface area contributed by atoms with E-state index in [9.17, 15) is 26.3 Å². The quantitative estimate of drug-likeness (QED) is 0.211. The first-order chi connectivity index (χ1) is 17.6. The molecule has 3 rings (SSSR count). The Morgan fingerprint density at radius 2 is 1.66 bits per heavy atom. The number of aromatic nitrogens is 2. The molecule has 0 spiro atoms. The number of halogens is 6. The first kappa shape index (κ1) is 29.2. The zero-order chi connectivity index (χ0) is 28.1. The summed E-state index contributed by atoms with van der Waals surface area (Å²) >= 11 is 0. The van der Waals surface area contributed by atoms with Crippen molar-refractivity contribution in [1.82, 2.24) is 9.97 Å². The van der Waals surface area contributed by atoms with Gasteiger partial charge in [-0.15, -0.1) is 0 Å². The Hall–Kier alpha value is -3.38. The smallest absolute Gasteiger partial charge is 0.422 e. The minimum absolute atomic E-state index is 0.0134. The molecular weight excluding hydrogens is 518 g/mol. The van der Waals surface area contributed by atoms with Crippen LogP contribution in [0, 0.1) is 12.3 Å². The summed E-state index contributed by atoms with van der Waals surface area (Å²) in [5.41, 5.74) is 1.37. The van der Waals surface area contributed by atoms with Gasteiger partial charge in [0.15, 0.2) is 6.61 Å². The molecule has 2 heterocycles. The summed E-state index contributed by atoms with van der Waals surface area (Å²) in [7, 11) is 0. The number of aryl methyl sites for hydroxylation is 2. The molecule has 1 aliphatic rings. The van der Waals surface area contributed by atoms with Crippen LogP contribution in [0.2, 0.25) is 0 Å². The van der Waals surface area contributed by atoms with Gasteiger partial charge in [0.25, 0.3) is 0 Å². The van der Waals surface area contributed by atoms with Crippen LogP contribution in [0.15, 0.2) is 34.6 Å². The highest BCUT2D eigenvalue weighted by Crippen LogP contribution is 2.32. The number of ether oxygens (including phenoxy) is 1. The van der Waals surface area contributed by atoms with Crippen LogP contribution >= 0.6 is 0 Å². The largest absolute Gasteiger partial charge is 0.468 e. The van der Waals surface area contributed by atoms with Gasteiger partial charge in [-0.05, 0) is 50.8 Å². The van der Waals surface area contributed by atoms with Crippen molar-refractivity contribution in [3.05, 3.63) is 52.5 Å². The normalized spacial score (nSPS) is 15.8. The zero-order valence-electron chi connectivity index (χ0n) is 21.3. The third-order valence-corrected chi connectivity index (χ3v) is 5.42. The number of hydrogen-bond acceptors (Lipinski definition) is 7. The molecule has 1 aliphatic carbocycles. The summed E-state index contributed by atoms with van der Waals surface area (Å²) in [5.74, 6) is -0.830. The number of nitrogens with zero attached hydrogens (tertiary/aromatic N) is 4. The Morgan fingerprint density at radius 3 is 2.34 bits per heavy atom. The second kappa shape index (κ2) is 11.6. The van der Waals surface area contributed by atoms with E-state index in [4.69, 9.17) is 9.68 Å². The van der Waals surface area contributed by atoms with Gasteiger partial charge in [0.1, 0.15) is 24.6 Å². The highest BCUT2D eigenvalue weighted by Gasteiger charge is 2.33. The van der Waals surface area contributed by atoms with Crippen LogP contribution in [-0.4, -0.2) is 47.4 Å². The van der Waals surface area contributed by atoms with Crippen LogP contribution in [0.25, 0.3) is 0 Å². The fourth-order valence-corrected chi connectivity index (χ4v) is 3.45.